The molecule has 24 heavy (non-hydrogen) atoms. The molecule has 1 aromatic carbocycles. The molecule has 6 nitrogen and oxygen atoms in total. The molecule has 6 heteroatoms. The lowest BCUT2D eigenvalue weighted by Gasteiger charge is -2.30. The molecular formula is C18H21NO5. The lowest BCUT2D eigenvalue weighted by Crippen LogP contribution is -2.40. The second-order valence-electron chi connectivity index (χ2n) is 6.01. The van der Waals surface area contributed by atoms with Gasteiger partial charge in [0.15, 0.2) is 5.76 Å². The highest BCUT2D eigenvalue weighted by atomic mass is 16.5. The molecule has 1 fully saturated rings. The van der Waals surface area contributed by atoms with Crippen molar-refractivity contribution in [2.45, 2.75) is 19.8 Å². The summed E-state index contributed by atoms with van der Waals surface area (Å²) < 4.78 is 15.8. The number of carbonyl (C=O) groups excluding carboxylic acids is 2. The van der Waals surface area contributed by atoms with Crippen LogP contribution in [0.15, 0.2) is 22.6 Å². The third-order valence-electron chi connectivity index (χ3n) is 4.65. The van der Waals surface area contributed by atoms with E-state index >= 15 is 0 Å². The first-order valence-electron chi connectivity index (χ1n) is 7.99. The quantitative estimate of drug-likeness (QED) is 0.809. The summed E-state index contributed by atoms with van der Waals surface area (Å²) >= 11 is 0. The van der Waals surface area contributed by atoms with E-state index < -0.39 is 0 Å². The summed E-state index contributed by atoms with van der Waals surface area (Å²) in [6.07, 6.45) is 1.23. The Balaban J connectivity index is 1.80. The van der Waals surface area contributed by atoms with Gasteiger partial charge in [0, 0.05) is 24.0 Å². The van der Waals surface area contributed by atoms with E-state index in [1.165, 1.54) is 7.11 Å². The molecule has 0 bridgehead atoms. The van der Waals surface area contributed by atoms with Gasteiger partial charge in [-0.2, -0.15) is 0 Å². The molecule has 0 spiro atoms. The molecule has 128 valence electrons. The van der Waals surface area contributed by atoms with Gasteiger partial charge in [0.1, 0.15) is 11.3 Å². The molecule has 3 rings (SSSR count). The number of hydrogen-bond acceptors (Lipinski definition) is 5. The minimum absolute atomic E-state index is 0.125. The zero-order valence-corrected chi connectivity index (χ0v) is 14.1. The summed E-state index contributed by atoms with van der Waals surface area (Å²) in [7, 11) is 3.00. The average Bonchev–Trinajstić information content (AvgIpc) is 2.96. The maximum atomic E-state index is 12.8. The van der Waals surface area contributed by atoms with Crippen LogP contribution in [0.2, 0.25) is 0 Å². The number of likely N-dealkylation sites (tertiary alicyclic amines) is 1. The monoisotopic (exact) mass is 331 g/mol. The number of furan rings is 1. The molecule has 1 aliphatic heterocycles. The molecule has 1 amide bonds. The number of carbonyl (C=O) groups is 2. The van der Waals surface area contributed by atoms with Gasteiger partial charge in [-0.05, 0) is 38.0 Å². The maximum Gasteiger partial charge on any atom is 0.308 e. The molecule has 2 aromatic rings. The van der Waals surface area contributed by atoms with Crippen LogP contribution in [0, 0.1) is 12.8 Å². The summed E-state index contributed by atoms with van der Waals surface area (Å²) in [6.45, 7) is 2.93. The Hall–Kier alpha value is -2.50. The van der Waals surface area contributed by atoms with E-state index in [1.54, 1.807) is 24.1 Å². The van der Waals surface area contributed by atoms with Gasteiger partial charge in [0.2, 0.25) is 0 Å². The SMILES string of the molecule is COC(=O)C1CCN(C(=O)c2oc3ccc(OC)cc3c2C)CC1. The van der Waals surface area contributed by atoms with E-state index in [-0.39, 0.29) is 17.8 Å². The summed E-state index contributed by atoms with van der Waals surface area (Å²) in [4.78, 5) is 26.1. The number of methoxy groups -OCH3 is 2. The molecule has 0 aliphatic carbocycles. The number of nitrogens with zero attached hydrogens (tertiary/aromatic N) is 1. The van der Waals surface area contributed by atoms with Gasteiger partial charge >= 0.3 is 5.97 Å². The Morgan fingerprint density at radius 3 is 2.54 bits per heavy atom. The number of fused-ring (bicyclic) bond motifs is 1. The summed E-state index contributed by atoms with van der Waals surface area (Å²) in [5, 5.41) is 0.877. The number of esters is 1. The van der Waals surface area contributed by atoms with Crippen molar-refractivity contribution in [2.24, 2.45) is 5.92 Å². The molecule has 0 radical (unpaired) electrons. The van der Waals surface area contributed by atoms with E-state index in [4.69, 9.17) is 13.9 Å². The number of ether oxygens (including phenoxy) is 2. The normalized spacial score (nSPS) is 15.5. The van der Waals surface area contributed by atoms with Crippen LogP contribution in [0.1, 0.15) is 29.0 Å². The molecule has 2 heterocycles. The predicted molar refractivity (Wildman–Crippen MR) is 88.1 cm³/mol. The number of rotatable bonds is 3. The molecule has 0 atom stereocenters. The number of benzene rings is 1. The van der Waals surface area contributed by atoms with E-state index in [2.05, 4.69) is 0 Å². The van der Waals surface area contributed by atoms with Gasteiger partial charge < -0.3 is 18.8 Å². The fraction of sp³-hybridized carbons (Fsp3) is 0.444. The van der Waals surface area contributed by atoms with Crippen molar-refractivity contribution in [3.8, 4) is 5.75 Å². The Kier molecular flexibility index (Phi) is 4.46. The van der Waals surface area contributed by atoms with Crippen LogP contribution in [-0.2, 0) is 9.53 Å². The number of aryl methyl sites for hydroxylation is 1. The summed E-state index contributed by atoms with van der Waals surface area (Å²) in [5.41, 5.74) is 1.48. The molecule has 0 saturated carbocycles. The van der Waals surface area contributed by atoms with Crippen LogP contribution in [0.25, 0.3) is 11.0 Å². The summed E-state index contributed by atoms with van der Waals surface area (Å²) in [6, 6.07) is 5.48. The molecule has 0 unspecified atom stereocenters. The first-order valence-corrected chi connectivity index (χ1v) is 7.99. The molecule has 0 N–H and O–H groups in total. The highest BCUT2D eigenvalue weighted by molar-refractivity contribution is 5.99. The zero-order valence-electron chi connectivity index (χ0n) is 14.1. The molecular weight excluding hydrogens is 310 g/mol. The maximum absolute atomic E-state index is 12.8. The number of amides is 1. The first-order chi connectivity index (χ1) is 11.5. The molecule has 1 saturated heterocycles. The Morgan fingerprint density at radius 2 is 1.92 bits per heavy atom. The van der Waals surface area contributed by atoms with Crippen LogP contribution < -0.4 is 4.74 Å². The van der Waals surface area contributed by atoms with E-state index in [9.17, 15) is 9.59 Å². The van der Waals surface area contributed by atoms with Crippen LogP contribution in [0.4, 0.5) is 0 Å². The second kappa shape index (κ2) is 6.55. The molecule has 1 aliphatic rings. The summed E-state index contributed by atoms with van der Waals surface area (Å²) in [5.74, 6) is 0.624. The fourth-order valence-electron chi connectivity index (χ4n) is 3.16. The third kappa shape index (κ3) is 2.84. The zero-order chi connectivity index (χ0) is 17.3. The van der Waals surface area contributed by atoms with E-state index in [1.807, 2.05) is 13.0 Å². The van der Waals surface area contributed by atoms with Crippen molar-refractivity contribution in [2.75, 3.05) is 27.3 Å². The fourth-order valence-corrected chi connectivity index (χ4v) is 3.16. The Labute approximate surface area is 140 Å². The van der Waals surface area contributed by atoms with Crippen molar-refractivity contribution in [1.82, 2.24) is 4.90 Å². The lowest BCUT2D eigenvalue weighted by molar-refractivity contribution is -0.146. The number of hydrogen-bond donors (Lipinski definition) is 0. The van der Waals surface area contributed by atoms with Crippen LogP contribution in [0.5, 0.6) is 5.75 Å². The largest absolute Gasteiger partial charge is 0.497 e. The van der Waals surface area contributed by atoms with Crippen molar-refractivity contribution >= 4 is 22.8 Å². The Bertz CT molecular complexity index is 771. The third-order valence-corrected chi connectivity index (χ3v) is 4.65. The second-order valence-corrected chi connectivity index (χ2v) is 6.01. The van der Waals surface area contributed by atoms with E-state index in [0.717, 1.165) is 16.7 Å². The predicted octanol–water partition coefficient (Wildman–Crippen LogP) is 2.78. The van der Waals surface area contributed by atoms with Crippen molar-refractivity contribution in [3.05, 3.63) is 29.5 Å². The minimum atomic E-state index is -0.200. The van der Waals surface area contributed by atoms with Gasteiger partial charge in [0.25, 0.3) is 5.91 Å². The minimum Gasteiger partial charge on any atom is -0.497 e. The first kappa shape index (κ1) is 16.4. The number of piperidine rings is 1. The van der Waals surface area contributed by atoms with E-state index in [0.29, 0.717) is 37.3 Å². The van der Waals surface area contributed by atoms with Crippen LogP contribution in [0.3, 0.4) is 0 Å². The highest BCUT2D eigenvalue weighted by Crippen LogP contribution is 2.30. The highest BCUT2D eigenvalue weighted by Gasteiger charge is 2.30. The average molecular weight is 331 g/mol. The molecule has 1 aromatic heterocycles. The van der Waals surface area contributed by atoms with Crippen LogP contribution in [-0.4, -0.2) is 44.1 Å². The van der Waals surface area contributed by atoms with Gasteiger partial charge in [0.05, 0.1) is 20.1 Å². The van der Waals surface area contributed by atoms with Gasteiger partial charge in [-0.1, -0.05) is 0 Å². The van der Waals surface area contributed by atoms with Crippen LogP contribution >= 0.6 is 0 Å². The standard InChI is InChI=1S/C18H21NO5/c1-11-14-10-13(22-2)4-5-15(14)24-16(11)17(20)19-8-6-12(7-9-19)18(21)23-3/h4-5,10,12H,6-9H2,1-3H3. The smallest absolute Gasteiger partial charge is 0.308 e. The van der Waals surface area contributed by atoms with Gasteiger partial charge in [-0.25, -0.2) is 0 Å². The van der Waals surface area contributed by atoms with Gasteiger partial charge in [-0.15, -0.1) is 0 Å². The topological polar surface area (TPSA) is 69.0 Å². The van der Waals surface area contributed by atoms with Crippen molar-refractivity contribution < 1.29 is 23.5 Å². The Morgan fingerprint density at radius 1 is 1.21 bits per heavy atom. The van der Waals surface area contributed by atoms with Crippen molar-refractivity contribution in [3.63, 3.8) is 0 Å². The van der Waals surface area contributed by atoms with Gasteiger partial charge in [-0.3, -0.25) is 9.59 Å². The lowest BCUT2D eigenvalue weighted by atomic mass is 9.96. The van der Waals surface area contributed by atoms with Crippen molar-refractivity contribution in [1.29, 1.82) is 0 Å².